The van der Waals surface area contributed by atoms with Gasteiger partial charge in [-0.3, -0.25) is 15.0 Å². The van der Waals surface area contributed by atoms with Gasteiger partial charge in [-0.2, -0.15) is 0 Å². The lowest BCUT2D eigenvalue weighted by Crippen LogP contribution is -2.55. The predicted molar refractivity (Wildman–Crippen MR) is 89.5 cm³/mol. The fourth-order valence-electron chi connectivity index (χ4n) is 3.01. The van der Waals surface area contributed by atoms with E-state index >= 15 is 0 Å². The fourth-order valence-corrected chi connectivity index (χ4v) is 3.01. The van der Waals surface area contributed by atoms with Gasteiger partial charge >= 0.3 is 12.0 Å². The zero-order valence-electron chi connectivity index (χ0n) is 14.1. The number of urea groups is 1. The van der Waals surface area contributed by atoms with Crippen molar-refractivity contribution < 1.29 is 19.4 Å². The monoisotopic (exact) mass is 349 g/mol. The van der Waals surface area contributed by atoms with Crippen molar-refractivity contribution in [3.63, 3.8) is 0 Å². The summed E-state index contributed by atoms with van der Waals surface area (Å²) in [4.78, 5) is 32.9. The summed E-state index contributed by atoms with van der Waals surface area (Å²) in [5, 5.41) is 14.6. The molecule has 1 aromatic rings. The Balaban J connectivity index is 1.43. The first-order chi connectivity index (χ1) is 12.0. The number of nitrogens with zero attached hydrogens (tertiary/aromatic N) is 3. The second kappa shape index (κ2) is 7.64. The van der Waals surface area contributed by atoms with Crippen LogP contribution in [-0.2, 0) is 4.79 Å². The summed E-state index contributed by atoms with van der Waals surface area (Å²) in [5.74, 6) is 0.578. The van der Waals surface area contributed by atoms with Crippen molar-refractivity contribution >= 4 is 17.8 Å². The normalized spacial score (nSPS) is 22.2. The van der Waals surface area contributed by atoms with Gasteiger partial charge in [0.1, 0.15) is 12.1 Å². The zero-order chi connectivity index (χ0) is 17.8. The van der Waals surface area contributed by atoms with E-state index < -0.39 is 5.97 Å². The summed E-state index contributed by atoms with van der Waals surface area (Å²) < 4.78 is 4.98. The maximum Gasteiger partial charge on any atom is 0.320 e. The van der Waals surface area contributed by atoms with Gasteiger partial charge in [-0.25, -0.2) is 14.8 Å². The SMILES string of the molecule is COc1cc(NC(=O)NC2CC(N(CC(=O)O)CC3CC3)C2)ncn1. The van der Waals surface area contributed by atoms with Crippen LogP contribution in [0.3, 0.4) is 0 Å². The summed E-state index contributed by atoms with van der Waals surface area (Å²) in [6, 6.07) is 1.47. The third-order valence-corrected chi connectivity index (χ3v) is 4.59. The Kier molecular flexibility index (Phi) is 5.32. The minimum Gasteiger partial charge on any atom is -0.481 e. The van der Waals surface area contributed by atoms with E-state index in [-0.39, 0.29) is 24.7 Å². The molecule has 0 saturated heterocycles. The molecule has 0 atom stereocenters. The Bertz CT molecular complexity index is 631. The minimum atomic E-state index is -0.799. The number of aliphatic carboxylic acids is 1. The van der Waals surface area contributed by atoms with Crippen LogP contribution in [0.15, 0.2) is 12.4 Å². The third kappa shape index (κ3) is 5.02. The van der Waals surface area contributed by atoms with Crippen LogP contribution in [0.5, 0.6) is 5.88 Å². The average Bonchev–Trinajstić information content (AvgIpc) is 3.33. The van der Waals surface area contributed by atoms with E-state index in [0.717, 1.165) is 19.4 Å². The highest BCUT2D eigenvalue weighted by Crippen LogP contribution is 2.33. The third-order valence-electron chi connectivity index (χ3n) is 4.59. The molecular formula is C16H23N5O4. The fraction of sp³-hybridized carbons (Fsp3) is 0.625. The first kappa shape index (κ1) is 17.4. The van der Waals surface area contributed by atoms with Gasteiger partial charge in [0.25, 0.3) is 0 Å². The van der Waals surface area contributed by atoms with Gasteiger partial charge in [0, 0.05) is 24.7 Å². The molecule has 3 N–H and O–H groups in total. The Morgan fingerprint density at radius 3 is 2.76 bits per heavy atom. The lowest BCUT2D eigenvalue weighted by atomic mass is 9.85. The van der Waals surface area contributed by atoms with E-state index in [1.54, 1.807) is 0 Å². The Hall–Kier alpha value is -2.42. The largest absolute Gasteiger partial charge is 0.481 e. The van der Waals surface area contributed by atoms with Gasteiger partial charge in [0.05, 0.1) is 13.7 Å². The molecule has 3 rings (SSSR count). The molecule has 2 amide bonds. The topological polar surface area (TPSA) is 117 Å². The highest BCUT2D eigenvalue weighted by molar-refractivity contribution is 5.88. The molecule has 2 fully saturated rings. The highest BCUT2D eigenvalue weighted by Gasteiger charge is 2.37. The van der Waals surface area contributed by atoms with Crippen molar-refractivity contribution in [1.29, 1.82) is 0 Å². The number of ether oxygens (including phenoxy) is 1. The molecular weight excluding hydrogens is 326 g/mol. The van der Waals surface area contributed by atoms with Crippen LogP contribution < -0.4 is 15.4 Å². The van der Waals surface area contributed by atoms with Gasteiger partial charge in [0.2, 0.25) is 5.88 Å². The minimum absolute atomic E-state index is 0.0456. The van der Waals surface area contributed by atoms with E-state index in [1.807, 2.05) is 4.90 Å². The first-order valence-corrected chi connectivity index (χ1v) is 8.43. The van der Waals surface area contributed by atoms with Crippen molar-refractivity contribution in [1.82, 2.24) is 20.2 Å². The molecule has 0 aliphatic heterocycles. The van der Waals surface area contributed by atoms with Crippen LogP contribution in [-0.4, -0.2) is 64.3 Å². The van der Waals surface area contributed by atoms with E-state index in [9.17, 15) is 9.59 Å². The van der Waals surface area contributed by atoms with Crippen LogP contribution in [0, 0.1) is 5.92 Å². The molecule has 0 unspecified atom stereocenters. The van der Waals surface area contributed by atoms with Crippen molar-refractivity contribution in [2.75, 3.05) is 25.5 Å². The summed E-state index contributed by atoms with van der Waals surface area (Å²) in [6.07, 6.45) is 5.22. The number of carbonyl (C=O) groups is 2. The maximum absolute atomic E-state index is 12.0. The molecule has 9 heteroatoms. The second-order valence-electron chi connectivity index (χ2n) is 6.63. The number of carboxylic acids is 1. The van der Waals surface area contributed by atoms with E-state index in [1.165, 1.54) is 32.3 Å². The van der Waals surface area contributed by atoms with E-state index in [4.69, 9.17) is 9.84 Å². The molecule has 0 spiro atoms. The number of hydrogen-bond donors (Lipinski definition) is 3. The lowest BCUT2D eigenvalue weighted by molar-refractivity contribution is -0.139. The molecule has 25 heavy (non-hydrogen) atoms. The Morgan fingerprint density at radius 1 is 1.36 bits per heavy atom. The van der Waals surface area contributed by atoms with Gasteiger partial charge in [0.15, 0.2) is 0 Å². The smallest absolute Gasteiger partial charge is 0.320 e. The zero-order valence-corrected chi connectivity index (χ0v) is 14.1. The summed E-state index contributed by atoms with van der Waals surface area (Å²) >= 11 is 0. The lowest BCUT2D eigenvalue weighted by Gasteiger charge is -2.42. The average molecular weight is 349 g/mol. The molecule has 1 aromatic heterocycles. The standard InChI is InChI=1S/C16H23N5O4/c1-25-14-6-13(17-9-18-14)20-16(24)19-11-4-12(5-11)21(8-15(22)23)7-10-2-3-10/h6,9-12H,2-5,7-8H2,1H3,(H,22,23)(H2,17,18,19,20,24). The number of amides is 2. The Labute approximate surface area is 145 Å². The van der Waals surface area contributed by atoms with Crippen LogP contribution in [0.25, 0.3) is 0 Å². The summed E-state index contributed by atoms with van der Waals surface area (Å²) in [5.41, 5.74) is 0. The first-order valence-electron chi connectivity index (χ1n) is 8.43. The Morgan fingerprint density at radius 2 is 2.12 bits per heavy atom. The molecule has 136 valence electrons. The predicted octanol–water partition coefficient (Wildman–Crippen LogP) is 0.934. The molecule has 9 nitrogen and oxygen atoms in total. The highest BCUT2D eigenvalue weighted by atomic mass is 16.5. The van der Waals surface area contributed by atoms with Crippen molar-refractivity contribution in [2.24, 2.45) is 5.92 Å². The van der Waals surface area contributed by atoms with Crippen LogP contribution in [0.2, 0.25) is 0 Å². The number of rotatable bonds is 8. The molecule has 0 bridgehead atoms. The van der Waals surface area contributed by atoms with Crippen LogP contribution in [0.4, 0.5) is 10.6 Å². The summed E-state index contributed by atoms with van der Waals surface area (Å²) in [7, 11) is 1.49. The molecule has 2 aliphatic carbocycles. The maximum atomic E-state index is 12.0. The van der Waals surface area contributed by atoms with Crippen LogP contribution >= 0.6 is 0 Å². The number of carboxylic acid groups (broad SMARTS) is 1. The number of aromatic nitrogens is 2. The van der Waals surface area contributed by atoms with Gasteiger partial charge < -0.3 is 15.2 Å². The quantitative estimate of drug-likeness (QED) is 0.639. The number of methoxy groups -OCH3 is 1. The van der Waals surface area contributed by atoms with Crippen molar-refractivity contribution in [3.05, 3.63) is 12.4 Å². The number of nitrogens with one attached hydrogen (secondary N) is 2. The van der Waals surface area contributed by atoms with Gasteiger partial charge in [-0.15, -0.1) is 0 Å². The number of anilines is 1. The van der Waals surface area contributed by atoms with Gasteiger partial charge in [-0.1, -0.05) is 0 Å². The van der Waals surface area contributed by atoms with Gasteiger partial charge in [-0.05, 0) is 31.6 Å². The summed E-state index contributed by atoms with van der Waals surface area (Å²) in [6.45, 7) is 0.914. The molecule has 2 saturated carbocycles. The van der Waals surface area contributed by atoms with Crippen molar-refractivity contribution in [3.8, 4) is 5.88 Å². The molecule has 1 heterocycles. The molecule has 2 aliphatic rings. The molecule has 0 radical (unpaired) electrons. The van der Waals surface area contributed by atoms with Crippen LogP contribution in [0.1, 0.15) is 25.7 Å². The van der Waals surface area contributed by atoms with E-state index in [2.05, 4.69) is 20.6 Å². The molecule has 0 aromatic carbocycles. The second-order valence-corrected chi connectivity index (χ2v) is 6.63. The number of hydrogen-bond acceptors (Lipinski definition) is 6. The van der Waals surface area contributed by atoms with Crippen molar-refractivity contribution in [2.45, 2.75) is 37.8 Å². The van der Waals surface area contributed by atoms with E-state index in [0.29, 0.717) is 17.6 Å². The number of carbonyl (C=O) groups excluding carboxylic acids is 1.